The summed E-state index contributed by atoms with van der Waals surface area (Å²) in [5, 5.41) is 2.82. The zero-order valence-electron chi connectivity index (χ0n) is 19.8. The van der Waals surface area contributed by atoms with Crippen LogP contribution in [0.3, 0.4) is 0 Å². The van der Waals surface area contributed by atoms with Crippen molar-refractivity contribution in [2.45, 2.75) is 31.4 Å². The van der Waals surface area contributed by atoms with Gasteiger partial charge in [-0.1, -0.05) is 23.8 Å². The molecule has 0 saturated heterocycles. The maximum atomic E-state index is 12.7. The van der Waals surface area contributed by atoms with Crippen LogP contribution >= 0.6 is 11.8 Å². The quantitative estimate of drug-likeness (QED) is 0.221. The standard InChI is InChI=1S/C28H26N2O4S/c1-4-33-28(32)22-6-5-7-23(16-22)29-26(31)20-10-12-21(13-11-20)27-30-25(19(3)34-27)17-35-24-14-8-18(2)9-15-24/h5-16H,4,17H2,1-3H3,(H,29,31). The average molecular weight is 487 g/mol. The fraction of sp³-hybridized carbons (Fsp3) is 0.179. The summed E-state index contributed by atoms with van der Waals surface area (Å²) < 4.78 is 10.9. The summed E-state index contributed by atoms with van der Waals surface area (Å²) in [5.74, 6) is 1.31. The number of ether oxygens (including phenoxy) is 1. The second-order valence-corrected chi connectivity index (χ2v) is 9.01. The Morgan fingerprint density at radius 2 is 1.71 bits per heavy atom. The van der Waals surface area contributed by atoms with E-state index in [-0.39, 0.29) is 5.91 Å². The SMILES string of the molecule is CCOC(=O)c1cccc(NC(=O)c2ccc(-c3nc(CSc4ccc(C)cc4)c(C)o3)cc2)c1. The number of thioether (sulfide) groups is 1. The first-order chi connectivity index (χ1) is 16.9. The van der Waals surface area contributed by atoms with E-state index in [9.17, 15) is 9.59 Å². The van der Waals surface area contributed by atoms with Crippen LogP contribution in [0.15, 0.2) is 82.1 Å². The first kappa shape index (κ1) is 24.3. The summed E-state index contributed by atoms with van der Waals surface area (Å²) in [5.41, 5.74) is 4.30. The van der Waals surface area contributed by atoms with Crippen molar-refractivity contribution in [2.75, 3.05) is 11.9 Å². The van der Waals surface area contributed by atoms with Crippen molar-refractivity contribution < 1.29 is 18.7 Å². The monoisotopic (exact) mass is 486 g/mol. The molecule has 4 aromatic rings. The minimum atomic E-state index is -0.425. The Bertz CT molecular complexity index is 1330. The van der Waals surface area contributed by atoms with Crippen LogP contribution in [-0.4, -0.2) is 23.5 Å². The Morgan fingerprint density at radius 1 is 0.971 bits per heavy atom. The summed E-state index contributed by atoms with van der Waals surface area (Å²) in [6.07, 6.45) is 0. The maximum Gasteiger partial charge on any atom is 0.338 e. The minimum absolute atomic E-state index is 0.281. The van der Waals surface area contributed by atoms with Crippen LogP contribution in [0.25, 0.3) is 11.5 Å². The maximum absolute atomic E-state index is 12.7. The van der Waals surface area contributed by atoms with Crippen molar-refractivity contribution in [3.05, 3.63) is 101 Å². The molecular weight excluding hydrogens is 460 g/mol. The highest BCUT2D eigenvalue weighted by Gasteiger charge is 2.14. The molecule has 0 aliphatic carbocycles. The molecule has 4 rings (SSSR count). The van der Waals surface area contributed by atoms with Crippen molar-refractivity contribution in [3.63, 3.8) is 0 Å². The number of amides is 1. The lowest BCUT2D eigenvalue weighted by Gasteiger charge is -2.08. The average Bonchev–Trinajstić information content (AvgIpc) is 3.24. The van der Waals surface area contributed by atoms with Gasteiger partial charge in [0.05, 0.1) is 17.9 Å². The molecule has 0 fully saturated rings. The number of benzene rings is 3. The van der Waals surface area contributed by atoms with E-state index in [1.165, 1.54) is 10.5 Å². The highest BCUT2D eigenvalue weighted by Crippen LogP contribution is 2.28. The van der Waals surface area contributed by atoms with Crippen LogP contribution in [0, 0.1) is 13.8 Å². The molecule has 1 amide bonds. The lowest BCUT2D eigenvalue weighted by Crippen LogP contribution is -2.12. The molecule has 0 saturated carbocycles. The van der Waals surface area contributed by atoms with Crippen molar-refractivity contribution in [3.8, 4) is 11.5 Å². The van der Waals surface area contributed by atoms with Gasteiger partial charge < -0.3 is 14.5 Å². The zero-order valence-corrected chi connectivity index (χ0v) is 20.6. The lowest BCUT2D eigenvalue weighted by atomic mass is 10.1. The van der Waals surface area contributed by atoms with Crippen LogP contribution in [0.4, 0.5) is 5.69 Å². The van der Waals surface area contributed by atoms with Crippen LogP contribution in [0.2, 0.25) is 0 Å². The van der Waals surface area contributed by atoms with Crippen LogP contribution in [0.1, 0.15) is 44.7 Å². The van der Waals surface area contributed by atoms with E-state index < -0.39 is 5.97 Å². The zero-order chi connectivity index (χ0) is 24.8. The molecule has 1 heterocycles. The van der Waals surface area contributed by atoms with E-state index >= 15 is 0 Å². The van der Waals surface area contributed by atoms with Gasteiger partial charge in [-0.2, -0.15) is 0 Å². The lowest BCUT2D eigenvalue weighted by molar-refractivity contribution is 0.0526. The molecule has 6 nitrogen and oxygen atoms in total. The number of hydrogen-bond donors (Lipinski definition) is 1. The molecule has 1 N–H and O–H groups in total. The van der Waals surface area contributed by atoms with Crippen LogP contribution in [0.5, 0.6) is 0 Å². The number of rotatable bonds is 8. The van der Waals surface area contributed by atoms with E-state index in [0.29, 0.717) is 35.1 Å². The summed E-state index contributed by atoms with van der Waals surface area (Å²) in [4.78, 5) is 30.5. The molecule has 0 bridgehead atoms. The molecule has 0 spiro atoms. The third-order valence-corrected chi connectivity index (χ3v) is 6.34. The van der Waals surface area contributed by atoms with E-state index in [2.05, 4.69) is 41.5 Å². The third-order valence-electron chi connectivity index (χ3n) is 5.31. The molecule has 178 valence electrons. The van der Waals surface area contributed by atoms with Crippen molar-refractivity contribution in [1.29, 1.82) is 0 Å². The minimum Gasteiger partial charge on any atom is -0.462 e. The van der Waals surface area contributed by atoms with Crippen LogP contribution < -0.4 is 5.32 Å². The summed E-state index contributed by atoms with van der Waals surface area (Å²) >= 11 is 1.71. The van der Waals surface area contributed by atoms with Gasteiger partial charge in [-0.25, -0.2) is 9.78 Å². The first-order valence-corrected chi connectivity index (χ1v) is 12.3. The summed E-state index contributed by atoms with van der Waals surface area (Å²) in [6, 6.07) is 22.1. The Balaban J connectivity index is 1.41. The van der Waals surface area contributed by atoms with Crippen molar-refractivity contribution >= 4 is 29.3 Å². The Kier molecular flexibility index (Phi) is 7.67. The second-order valence-electron chi connectivity index (χ2n) is 7.96. The summed E-state index contributed by atoms with van der Waals surface area (Å²) in [6.45, 7) is 6.02. The molecule has 0 radical (unpaired) electrons. The van der Waals surface area contributed by atoms with Crippen LogP contribution in [-0.2, 0) is 10.5 Å². The van der Waals surface area contributed by atoms with Gasteiger partial charge in [0.25, 0.3) is 5.91 Å². The largest absolute Gasteiger partial charge is 0.462 e. The number of carbonyl (C=O) groups is 2. The number of anilines is 1. The topological polar surface area (TPSA) is 81.4 Å². The molecule has 0 atom stereocenters. The van der Waals surface area contributed by atoms with Gasteiger partial charge in [-0.3, -0.25) is 4.79 Å². The van der Waals surface area contributed by atoms with Gasteiger partial charge in [-0.05, 0) is 75.4 Å². The predicted octanol–water partition coefficient (Wildman–Crippen LogP) is 6.68. The summed E-state index contributed by atoms with van der Waals surface area (Å²) in [7, 11) is 0. The number of oxazole rings is 1. The van der Waals surface area contributed by atoms with Crippen molar-refractivity contribution in [2.24, 2.45) is 0 Å². The van der Waals surface area contributed by atoms with Crippen molar-refractivity contribution in [1.82, 2.24) is 4.98 Å². The van der Waals surface area contributed by atoms with Gasteiger partial charge in [0, 0.05) is 27.5 Å². The molecule has 35 heavy (non-hydrogen) atoms. The number of nitrogens with one attached hydrogen (secondary N) is 1. The predicted molar refractivity (Wildman–Crippen MR) is 138 cm³/mol. The number of aryl methyl sites for hydroxylation is 2. The van der Waals surface area contributed by atoms with Gasteiger partial charge in [0.15, 0.2) is 0 Å². The third kappa shape index (κ3) is 6.19. The van der Waals surface area contributed by atoms with E-state index in [1.807, 2.05) is 19.1 Å². The number of hydrogen-bond acceptors (Lipinski definition) is 6. The Morgan fingerprint density at radius 3 is 2.43 bits per heavy atom. The number of aromatic nitrogens is 1. The molecular formula is C28H26N2O4S. The fourth-order valence-corrected chi connectivity index (χ4v) is 4.28. The Hall–Kier alpha value is -3.84. The Labute approximate surface area is 208 Å². The van der Waals surface area contributed by atoms with Gasteiger partial charge in [-0.15, -0.1) is 11.8 Å². The molecule has 0 aliphatic heterocycles. The number of carbonyl (C=O) groups excluding carboxylic acids is 2. The highest BCUT2D eigenvalue weighted by molar-refractivity contribution is 7.98. The number of esters is 1. The smallest absolute Gasteiger partial charge is 0.338 e. The van der Waals surface area contributed by atoms with E-state index in [1.54, 1.807) is 55.1 Å². The molecule has 3 aromatic carbocycles. The van der Waals surface area contributed by atoms with Gasteiger partial charge in [0.2, 0.25) is 5.89 Å². The normalized spacial score (nSPS) is 10.7. The molecule has 0 aliphatic rings. The second kappa shape index (κ2) is 11.1. The molecule has 7 heteroatoms. The van der Waals surface area contributed by atoms with E-state index in [4.69, 9.17) is 9.15 Å². The molecule has 0 unspecified atom stereocenters. The molecule has 1 aromatic heterocycles. The van der Waals surface area contributed by atoms with E-state index in [0.717, 1.165) is 17.0 Å². The van der Waals surface area contributed by atoms with Gasteiger partial charge in [0.1, 0.15) is 5.76 Å². The fourth-order valence-electron chi connectivity index (χ4n) is 3.38. The van der Waals surface area contributed by atoms with Gasteiger partial charge >= 0.3 is 5.97 Å². The highest BCUT2D eigenvalue weighted by atomic mass is 32.2. The number of nitrogens with zero attached hydrogens (tertiary/aromatic N) is 1. The first-order valence-electron chi connectivity index (χ1n) is 11.3.